The topological polar surface area (TPSA) is 52.3 Å². The van der Waals surface area contributed by atoms with Gasteiger partial charge in [0.1, 0.15) is 18.2 Å². The van der Waals surface area contributed by atoms with Crippen molar-refractivity contribution in [1.82, 2.24) is 19.6 Å². The van der Waals surface area contributed by atoms with Crippen molar-refractivity contribution >= 4 is 5.65 Å². The third-order valence-electron chi connectivity index (χ3n) is 7.06. The molecule has 4 aliphatic carbocycles. The summed E-state index contributed by atoms with van der Waals surface area (Å²) in [4.78, 5) is 4.11. The molecule has 4 aliphatic rings. The van der Waals surface area contributed by atoms with Crippen LogP contribution >= 0.6 is 0 Å². The van der Waals surface area contributed by atoms with Crippen molar-refractivity contribution < 1.29 is 4.74 Å². The van der Waals surface area contributed by atoms with Gasteiger partial charge < -0.3 is 4.74 Å². The van der Waals surface area contributed by atoms with Crippen molar-refractivity contribution in [3.8, 4) is 5.75 Å². The zero-order valence-corrected chi connectivity index (χ0v) is 15.4. The van der Waals surface area contributed by atoms with Crippen molar-refractivity contribution in [3.05, 3.63) is 54.2 Å². The second kappa shape index (κ2) is 5.78. The zero-order valence-electron chi connectivity index (χ0n) is 15.4. The van der Waals surface area contributed by atoms with Gasteiger partial charge in [0.2, 0.25) is 0 Å². The van der Waals surface area contributed by atoms with E-state index in [1.165, 1.54) is 44.3 Å². The predicted molar refractivity (Wildman–Crippen MR) is 101 cm³/mol. The SMILES string of the molecule is c1cncc(OCc2cccn3c(C45CC6CC(CC(C6)C4)C5)nnc23)c1. The molecule has 3 aromatic heterocycles. The highest BCUT2D eigenvalue weighted by molar-refractivity contribution is 5.48. The van der Waals surface area contributed by atoms with Gasteiger partial charge in [0.05, 0.1) is 6.20 Å². The molecule has 3 aromatic rings. The molecule has 0 unspecified atom stereocenters. The van der Waals surface area contributed by atoms with E-state index < -0.39 is 0 Å². The molecule has 3 heterocycles. The van der Waals surface area contributed by atoms with Crippen LogP contribution in [0.4, 0.5) is 0 Å². The number of ether oxygens (including phenoxy) is 1. The van der Waals surface area contributed by atoms with E-state index in [-0.39, 0.29) is 5.41 Å². The Morgan fingerprint density at radius 3 is 2.48 bits per heavy atom. The van der Waals surface area contributed by atoms with E-state index in [1.807, 2.05) is 12.1 Å². The quantitative estimate of drug-likeness (QED) is 0.701. The van der Waals surface area contributed by atoms with Crippen molar-refractivity contribution in [2.45, 2.75) is 50.5 Å². The van der Waals surface area contributed by atoms with Crippen LogP contribution in [0.5, 0.6) is 5.75 Å². The maximum absolute atomic E-state index is 5.92. The highest BCUT2D eigenvalue weighted by Gasteiger charge is 2.53. The van der Waals surface area contributed by atoms with E-state index in [0.717, 1.165) is 34.7 Å². The lowest BCUT2D eigenvalue weighted by Crippen LogP contribution is -2.49. The molecular weight excluding hydrogens is 336 g/mol. The third-order valence-corrected chi connectivity index (χ3v) is 7.06. The maximum Gasteiger partial charge on any atom is 0.167 e. The van der Waals surface area contributed by atoms with E-state index in [9.17, 15) is 0 Å². The molecule has 5 nitrogen and oxygen atoms in total. The van der Waals surface area contributed by atoms with Crippen LogP contribution in [0.3, 0.4) is 0 Å². The minimum atomic E-state index is 0.247. The molecule has 0 aromatic carbocycles. The van der Waals surface area contributed by atoms with E-state index in [4.69, 9.17) is 9.84 Å². The lowest BCUT2D eigenvalue weighted by Gasteiger charge is -2.55. The molecule has 4 saturated carbocycles. The fourth-order valence-electron chi connectivity index (χ4n) is 6.42. The molecule has 0 N–H and O–H groups in total. The Morgan fingerprint density at radius 1 is 1.00 bits per heavy atom. The van der Waals surface area contributed by atoms with Crippen molar-refractivity contribution in [2.24, 2.45) is 17.8 Å². The standard InChI is InChI=1S/C22H24N4O/c1-4-19(13-23-5-1)27-14-18-3-2-6-26-20(18)24-25-21(26)22-10-15-7-16(11-22)9-17(8-15)12-22/h1-6,13,15-17H,7-12,14H2. The fraction of sp³-hybridized carbons (Fsp3) is 0.500. The van der Waals surface area contributed by atoms with Crippen molar-refractivity contribution in [3.63, 3.8) is 0 Å². The largest absolute Gasteiger partial charge is 0.487 e. The number of hydrogen-bond acceptors (Lipinski definition) is 4. The molecule has 0 amide bonds. The molecule has 27 heavy (non-hydrogen) atoms. The zero-order chi connectivity index (χ0) is 17.8. The monoisotopic (exact) mass is 360 g/mol. The van der Waals surface area contributed by atoms with Gasteiger partial charge in [-0.1, -0.05) is 6.07 Å². The summed E-state index contributed by atoms with van der Waals surface area (Å²) in [5, 5.41) is 9.35. The third kappa shape index (κ3) is 2.47. The van der Waals surface area contributed by atoms with Crippen LogP contribution in [-0.2, 0) is 12.0 Å². The van der Waals surface area contributed by atoms with Crippen LogP contribution in [0.1, 0.15) is 49.9 Å². The van der Waals surface area contributed by atoms with Gasteiger partial charge in [-0.25, -0.2) is 0 Å². The number of nitrogens with zero attached hydrogens (tertiary/aromatic N) is 4. The normalized spacial score (nSPS) is 31.5. The summed E-state index contributed by atoms with van der Waals surface area (Å²) < 4.78 is 8.16. The summed E-state index contributed by atoms with van der Waals surface area (Å²) in [6, 6.07) is 8.00. The van der Waals surface area contributed by atoms with Gasteiger partial charge in [-0.05, 0) is 74.5 Å². The molecule has 0 aliphatic heterocycles. The number of pyridine rings is 2. The first-order valence-electron chi connectivity index (χ1n) is 10.1. The summed E-state index contributed by atoms with van der Waals surface area (Å²) >= 11 is 0. The molecule has 0 spiro atoms. The van der Waals surface area contributed by atoms with Gasteiger partial charge >= 0.3 is 0 Å². The molecule has 138 valence electrons. The highest BCUT2D eigenvalue weighted by atomic mass is 16.5. The van der Waals surface area contributed by atoms with Crippen LogP contribution in [0.25, 0.3) is 5.65 Å². The minimum absolute atomic E-state index is 0.247. The Hall–Kier alpha value is -2.43. The molecule has 4 bridgehead atoms. The molecule has 0 radical (unpaired) electrons. The molecule has 0 atom stereocenters. The minimum Gasteiger partial charge on any atom is -0.487 e. The summed E-state index contributed by atoms with van der Waals surface area (Å²) in [5.41, 5.74) is 2.26. The second-order valence-corrected chi connectivity index (χ2v) is 8.93. The lowest BCUT2D eigenvalue weighted by atomic mass is 9.49. The second-order valence-electron chi connectivity index (χ2n) is 8.93. The molecule has 0 saturated heterocycles. The number of fused-ring (bicyclic) bond motifs is 1. The Bertz CT molecular complexity index is 945. The van der Waals surface area contributed by atoms with Crippen LogP contribution in [0.2, 0.25) is 0 Å². The first-order chi connectivity index (χ1) is 13.3. The number of aromatic nitrogens is 4. The highest BCUT2D eigenvalue weighted by Crippen LogP contribution is 2.60. The van der Waals surface area contributed by atoms with E-state index >= 15 is 0 Å². The smallest absolute Gasteiger partial charge is 0.167 e. The van der Waals surface area contributed by atoms with Crippen LogP contribution in [0, 0.1) is 17.8 Å². The first kappa shape index (κ1) is 15.6. The van der Waals surface area contributed by atoms with Crippen LogP contribution in [0.15, 0.2) is 42.9 Å². The van der Waals surface area contributed by atoms with Crippen LogP contribution < -0.4 is 4.74 Å². The molecule has 5 heteroatoms. The van der Waals surface area contributed by atoms with Crippen molar-refractivity contribution in [2.75, 3.05) is 0 Å². The van der Waals surface area contributed by atoms with Gasteiger partial charge in [-0.3, -0.25) is 9.38 Å². The average Bonchev–Trinajstić information content (AvgIpc) is 3.12. The Balaban J connectivity index is 1.35. The summed E-state index contributed by atoms with van der Waals surface area (Å²) in [6.45, 7) is 0.481. The van der Waals surface area contributed by atoms with E-state index in [0.29, 0.717) is 6.61 Å². The Labute approximate surface area is 158 Å². The molecular formula is C22H24N4O. The van der Waals surface area contributed by atoms with Gasteiger partial charge in [0.25, 0.3) is 0 Å². The lowest BCUT2D eigenvalue weighted by molar-refractivity contribution is -0.00984. The number of hydrogen-bond donors (Lipinski definition) is 0. The van der Waals surface area contributed by atoms with E-state index in [1.54, 1.807) is 12.4 Å². The first-order valence-corrected chi connectivity index (χ1v) is 10.1. The predicted octanol–water partition coefficient (Wildman–Crippen LogP) is 4.17. The summed E-state index contributed by atoms with van der Waals surface area (Å²) in [7, 11) is 0. The van der Waals surface area contributed by atoms with E-state index in [2.05, 4.69) is 32.8 Å². The van der Waals surface area contributed by atoms with Gasteiger partial charge in [0.15, 0.2) is 5.65 Å². The summed E-state index contributed by atoms with van der Waals surface area (Å²) in [5.74, 6) is 4.68. The van der Waals surface area contributed by atoms with Crippen molar-refractivity contribution in [1.29, 1.82) is 0 Å². The molecule has 4 fully saturated rings. The van der Waals surface area contributed by atoms with Gasteiger partial charge in [0, 0.05) is 23.4 Å². The number of rotatable bonds is 4. The van der Waals surface area contributed by atoms with Gasteiger partial charge in [-0.15, -0.1) is 10.2 Å². The average molecular weight is 360 g/mol. The Kier molecular flexibility index (Phi) is 3.34. The molecule has 7 rings (SSSR count). The maximum atomic E-state index is 5.92. The van der Waals surface area contributed by atoms with Crippen LogP contribution in [-0.4, -0.2) is 19.6 Å². The Morgan fingerprint density at radius 2 is 1.78 bits per heavy atom. The summed E-state index contributed by atoms with van der Waals surface area (Å²) in [6.07, 6.45) is 13.9. The van der Waals surface area contributed by atoms with Gasteiger partial charge in [-0.2, -0.15) is 0 Å². The fourth-order valence-corrected chi connectivity index (χ4v) is 6.42.